The van der Waals surface area contributed by atoms with Gasteiger partial charge in [-0.2, -0.15) is 0 Å². The van der Waals surface area contributed by atoms with Gasteiger partial charge in [0.05, 0.1) is 0 Å². The van der Waals surface area contributed by atoms with Crippen molar-refractivity contribution in [3.63, 3.8) is 0 Å². The van der Waals surface area contributed by atoms with Crippen LogP contribution in [0.2, 0.25) is 0 Å². The van der Waals surface area contributed by atoms with Crippen LogP contribution in [-0.2, 0) is 0 Å². The van der Waals surface area contributed by atoms with Gasteiger partial charge in [-0.1, -0.05) is 31.7 Å². The molecule has 1 N–H and O–H groups in total. The van der Waals surface area contributed by atoms with E-state index in [1.807, 2.05) is 0 Å². The Morgan fingerprint density at radius 1 is 1.42 bits per heavy atom. The second kappa shape index (κ2) is 2.87. The summed E-state index contributed by atoms with van der Waals surface area (Å²) in [4.78, 5) is 1.32. The van der Waals surface area contributed by atoms with Crippen LogP contribution in [-0.4, -0.2) is 0 Å². The zero-order valence-corrected chi connectivity index (χ0v) is 7.82. The Labute approximate surface area is 77.0 Å². The van der Waals surface area contributed by atoms with Crippen LogP contribution in [0.15, 0.2) is 41.4 Å². The summed E-state index contributed by atoms with van der Waals surface area (Å²) < 4.78 is 3.21. The lowest BCUT2D eigenvalue weighted by Gasteiger charge is -2.24. The Morgan fingerprint density at radius 3 is 3.00 bits per heavy atom. The fourth-order valence-corrected chi connectivity index (χ4v) is 2.25. The molecule has 2 heteroatoms. The second-order valence-corrected chi connectivity index (χ2v) is 3.84. The minimum absolute atomic E-state index is 0.433. The molecule has 0 fully saturated rings. The number of hydrogen-bond donors (Lipinski definition) is 1. The fourth-order valence-electron chi connectivity index (χ4n) is 1.33. The number of rotatable bonds is 0. The first-order valence-electron chi connectivity index (χ1n) is 3.99. The van der Waals surface area contributed by atoms with Crippen LogP contribution in [0.1, 0.15) is 18.4 Å². The zero-order valence-electron chi connectivity index (χ0n) is 7.00. The monoisotopic (exact) mass is 177 g/mol. The predicted molar refractivity (Wildman–Crippen MR) is 53.0 cm³/mol. The lowest BCUT2D eigenvalue weighted by atomic mass is 9.99. The summed E-state index contributed by atoms with van der Waals surface area (Å²) in [5, 5.41) is 0. The van der Waals surface area contributed by atoms with E-state index in [0.717, 1.165) is 5.70 Å². The van der Waals surface area contributed by atoms with Crippen molar-refractivity contribution in [3.8, 4) is 0 Å². The number of allylic oxidation sites excluding steroid dienone is 1. The topological polar surface area (TPSA) is 12.0 Å². The van der Waals surface area contributed by atoms with Crippen molar-refractivity contribution in [3.05, 3.63) is 42.1 Å². The molecule has 1 aliphatic heterocycles. The van der Waals surface area contributed by atoms with Gasteiger partial charge in [-0.3, -0.25) is 0 Å². The molecule has 1 nitrogen and oxygen atoms in total. The Hall–Kier alpha value is -0.890. The van der Waals surface area contributed by atoms with Crippen LogP contribution in [0.25, 0.3) is 0 Å². The average molecular weight is 177 g/mol. The molecule has 1 unspecified atom stereocenters. The molecule has 0 amide bonds. The first kappa shape index (κ1) is 7.74. The highest BCUT2D eigenvalue weighted by molar-refractivity contribution is 7.97. The molecular weight excluding hydrogens is 166 g/mol. The summed E-state index contributed by atoms with van der Waals surface area (Å²) in [6.45, 7) is 6.14. The Bertz CT molecular complexity index is 319. The molecule has 0 aliphatic carbocycles. The minimum atomic E-state index is 0.433. The molecule has 2 rings (SSSR count). The van der Waals surface area contributed by atoms with E-state index in [1.54, 1.807) is 11.9 Å². The van der Waals surface area contributed by atoms with Crippen molar-refractivity contribution in [2.75, 3.05) is 0 Å². The van der Waals surface area contributed by atoms with Crippen LogP contribution in [0.5, 0.6) is 0 Å². The van der Waals surface area contributed by atoms with Gasteiger partial charge in [0.15, 0.2) is 0 Å². The molecule has 1 heterocycles. The van der Waals surface area contributed by atoms with E-state index in [0.29, 0.717) is 5.92 Å². The lowest BCUT2D eigenvalue weighted by molar-refractivity contribution is 0.818. The van der Waals surface area contributed by atoms with Gasteiger partial charge in [-0.25, -0.2) is 0 Å². The third kappa shape index (κ3) is 1.12. The van der Waals surface area contributed by atoms with E-state index in [1.165, 1.54) is 10.5 Å². The maximum absolute atomic E-state index is 3.96. The molecule has 1 atom stereocenters. The number of hydrogen-bond acceptors (Lipinski definition) is 2. The molecule has 0 radical (unpaired) electrons. The fraction of sp³-hybridized carbons (Fsp3) is 0.200. The minimum Gasteiger partial charge on any atom is -0.329 e. The highest BCUT2D eigenvalue weighted by Crippen LogP contribution is 2.35. The van der Waals surface area contributed by atoms with E-state index in [9.17, 15) is 0 Å². The SMILES string of the molecule is C=C1NSc2ccccc2C1C. The maximum atomic E-state index is 3.96. The summed E-state index contributed by atoms with van der Waals surface area (Å²) in [5.74, 6) is 0.433. The van der Waals surface area contributed by atoms with E-state index < -0.39 is 0 Å². The Balaban J connectivity index is 2.48. The Kier molecular flexibility index (Phi) is 1.85. The highest BCUT2D eigenvalue weighted by Gasteiger charge is 2.18. The molecule has 1 aliphatic rings. The molecule has 1 aromatic rings. The van der Waals surface area contributed by atoms with E-state index >= 15 is 0 Å². The molecule has 0 bridgehead atoms. The molecular formula is C10H11NS. The third-order valence-electron chi connectivity index (χ3n) is 2.20. The summed E-state index contributed by atoms with van der Waals surface area (Å²) in [7, 11) is 0. The molecule has 0 spiro atoms. The van der Waals surface area contributed by atoms with Crippen LogP contribution >= 0.6 is 11.9 Å². The largest absolute Gasteiger partial charge is 0.329 e. The number of nitrogens with one attached hydrogen (secondary N) is 1. The molecule has 0 saturated heterocycles. The van der Waals surface area contributed by atoms with Crippen LogP contribution < -0.4 is 4.72 Å². The van der Waals surface area contributed by atoms with E-state index in [-0.39, 0.29) is 0 Å². The molecule has 62 valence electrons. The van der Waals surface area contributed by atoms with Gasteiger partial charge in [0.2, 0.25) is 0 Å². The zero-order chi connectivity index (χ0) is 8.55. The molecule has 0 saturated carbocycles. The first-order valence-corrected chi connectivity index (χ1v) is 4.81. The van der Waals surface area contributed by atoms with Gasteiger partial charge in [-0.05, 0) is 23.6 Å². The van der Waals surface area contributed by atoms with Crippen molar-refractivity contribution in [2.45, 2.75) is 17.7 Å². The lowest BCUT2D eigenvalue weighted by Crippen LogP contribution is -2.15. The second-order valence-electron chi connectivity index (χ2n) is 2.99. The van der Waals surface area contributed by atoms with Gasteiger partial charge in [-0.15, -0.1) is 0 Å². The van der Waals surface area contributed by atoms with Crippen molar-refractivity contribution < 1.29 is 0 Å². The smallest absolute Gasteiger partial charge is 0.0323 e. The normalized spacial score (nSPS) is 21.4. The molecule has 1 aromatic carbocycles. The molecule has 0 aromatic heterocycles. The van der Waals surface area contributed by atoms with Crippen molar-refractivity contribution in [1.82, 2.24) is 4.72 Å². The van der Waals surface area contributed by atoms with Gasteiger partial charge < -0.3 is 4.72 Å². The van der Waals surface area contributed by atoms with Crippen LogP contribution in [0.3, 0.4) is 0 Å². The van der Waals surface area contributed by atoms with Gasteiger partial charge >= 0.3 is 0 Å². The quantitative estimate of drug-likeness (QED) is 0.611. The summed E-state index contributed by atoms with van der Waals surface area (Å²) in [5.41, 5.74) is 2.48. The number of fused-ring (bicyclic) bond motifs is 1. The number of benzene rings is 1. The summed E-state index contributed by atoms with van der Waals surface area (Å²) in [6, 6.07) is 8.44. The highest BCUT2D eigenvalue weighted by atomic mass is 32.2. The summed E-state index contributed by atoms with van der Waals surface area (Å²) >= 11 is 1.65. The third-order valence-corrected chi connectivity index (χ3v) is 3.16. The summed E-state index contributed by atoms with van der Waals surface area (Å²) in [6.07, 6.45) is 0. The average Bonchev–Trinajstić information content (AvgIpc) is 2.12. The van der Waals surface area contributed by atoms with Crippen LogP contribution in [0.4, 0.5) is 0 Å². The van der Waals surface area contributed by atoms with Gasteiger partial charge in [0.25, 0.3) is 0 Å². The standard InChI is InChI=1S/C10H11NS/c1-7-8(2)11-12-10-6-4-3-5-9(7)10/h3-7,11H,2H2,1H3. The van der Waals surface area contributed by atoms with Crippen molar-refractivity contribution in [2.24, 2.45) is 0 Å². The first-order chi connectivity index (χ1) is 5.79. The van der Waals surface area contributed by atoms with Gasteiger partial charge in [0, 0.05) is 16.5 Å². The predicted octanol–water partition coefficient (Wildman–Crippen LogP) is 2.91. The van der Waals surface area contributed by atoms with Gasteiger partial charge in [0.1, 0.15) is 0 Å². The van der Waals surface area contributed by atoms with Crippen molar-refractivity contribution in [1.29, 1.82) is 0 Å². The maximum Gasteiger partial charge on any atom is 0.0323 e. The van der Waals surface area contributed by atoms with Crippen molar-refractivity contribution >= 4 is 11.9 Å². The Morgan fingerprint density at radius 2 is 2.17 bits per heavy atom. The molecule has 12 heavy (non-hydrogen) atoms. The van der Waals surface area contributed by atoms with E-state index in [4.69, 9.17) is 0 Å². The van der Waals surface area contributed by atoms with Crippen LogP contribution in [0, 0.1) is 0 Å². The van der Waals surface area contributed by atoms with E-state index in [2.05, 4.69) is 42.5 Å².